The highest BCUT2D eigenvalue weighted by atomic mass is 16.3. The lowest BCUT2D eigenvalue weighted by Crippen LogP contribution is -2.41. The van der Waals surface area contributed by atoms with Crippen molar-refractivity contribution in [1.82, 2.24) is 14.8 Å². The van der Waals surface area contributed by atoms with Gasteiger partial charge in [0.25, 0.3) is 0 Å². The first-order valence-corrected chi connectivity index (χ1v) is 6.22. The molecule has 0 bridgehead atoms. The lowest BCUT2D eigenvalue weighted by molar-refractivity contribution is 0.129. The van der Waals surface area contributed by atoms with Crippen LogP contribution < -0.4 is 0 Å². The third-order valence-electron chi connectivity index (χ3n) is 3.42. The van der Waals surface area contributed by atoms with Crippen molar-refractivity contribution in [2.45, 2.75) is 19.0 Å². The zero-order valence-electron chi connectivity index (χ0n) is 10.4. The summed E-state index contributed by atoms with van der Waals surface area (Å²) < 4.78 is 0. The summed E-state index contributed by atoms with van der Waals surface area (Å²) in [7, 11) is 2.09. The quantitative estimate of drug-likeness (QED) is 0.832. The van der Waals surface area contributed by atoms with Gasteiger partial charge in [-0.3, -0.25) is 14.8 Å². The van der Waals surface area contributed by atoms with Crippen LogP contribution in [0.5, 0.6) is 0 Å². The van der Waals surface area contributed by atoms with E-state index < -0.39 is 0 Å². The van der Waals surface area contributed by atoms with Gasteiger partial charge in [0.2, 0.25) is 0 Å². The number of aromatic nitrogens is 1. The van der Waals surface area contributed by atoms with Crippen LogP contribution in [-0.2, 0) is 6.54 Å². The van der Waals surface area contributed by atoms with Gasteiger partial charge in [-0.2, -0.15) is 0 Å². The number of rotatable bonds is 3. The number of nitrogens with zero attached hydrogens (tertiary/aromatic N) is 3. The van der Waals surface area contributed by atoms with Gasteiger partial charge in [-0.1, -0.05) is 6.07 Å². The van der Waals surface area contributed by atoms with Crippen LogP contribution in [0.4, 0.5) is 0 Å². The monoisotopic (exact) mass is 235 g/mol. The van der Waals surface area contributed by atoms with Crippen LogP contribution in [-0.4, -0.2) is 59.2 Å². The lowest BCUT2D eigenvalue weighted by atomic mass is 10.2. The van der Waals surface area contributed by atoms with Crippen LogP contribution >= 0.6 is 0 Å². The molecule has 0 aliphatic carbocycles. The molecular weight excluding hydrogens is 214 g/mol. The predicted molar refractivity (Wildman–Crippen MR) is 67.6 cm³/mol. The Hall–Kier alpha value is -0.970. The molecule has 94 valence electrons. The molecule has 4 heteroatoms. The molecule has 0 saturated carbocycles. The van der Waals surface area contributed by atoms with E-state index in [9.17, 15) is 5.11 Å². The Labute approximate surface area is 103 Å². The molecule has 1 aromatic heterocycles. The predicted octanol–water partition coefficient (Wildman–Crippen LogP) is 0.580. The zero-order chi connectivity index (χ0) is 12.1. The second kappa shape index (κ2) is 6.10. The lowest BCUT2D eigenvalue weighted by Gasteiger charge is -2.27. The molecule has 4 nitrogen and oxygen atoms in total. The van der Waals surface area contributed by atoms with Crippen molar-refractivity contribution >= 4 is 0 Å². The van der Waals surface area contributed by atoms with E-state index in [1.54, 1.807) is 6.20 Å². The van der Waals surface area contributed by atoms with Crippen LogP contribution in [0.1, 0.15) is 12.0 Å². The van der Waals surface area contributed by atoms with Crippen molar-refractivity contribution < 1.29 is 5.11 Å². The smallest absolute Gasteiger partial charge is 0.0599 e. The Kier molecular flexibility index (Phi) is 4.48. The molecule has 1 aliphatic heterocycles. The average molecular weight is 235 g/mol. The molecule has 0 radical (unpaired) electrons. The van der Waals surface area contributed by atoms with Crippen molar-refractivity contribution in [3.63, 3.8) is 0 Å². The Morgan fingerprint density at radius 1 is 1.47 bits per heavy atom. The van der Waals surface area contributed by atoms with E-state index >= 15 is 0 Å². The number of hydrogen-bond donors (Lipinski definition) is 1. The second-order valence-electron chi connectivity index (χ2n) is 4.77. The topological polar surface area (TPSA) is 39.6 Å². The van der Waals surface area contributed by atoms with E-state index in [2.05, 4.69) is 27.9 Å². The van der Waals surface area contributed by atoms with Crippen molar-refractivity contribution in [2.75, 3.05) is 33.3 Å². The molecule has 1 fully saturated rings. The molecule has 0 amide bonds. The third-order valence-corrected chi connectivity index (χ3v) is 3.42. The third kappa shape index (κ3) is 3.49. The number of aliphatic hydroxyl groups excluding tert-OH is 1. The van der Waals surface area contributed by atoms with Gasteiger partial charge in [-0.05, 0) is 38.2 Å². The van der Waals surface area contributed by atoms with Crippen molar-refractivity contribution in [3.8, 4) is 0 Å². The summed E-state index contributed by atoms with van der Waals surface area (Å²) in [6, 6.07) is 4.34. The standard InChI is InChI=1S/C13H21N3O/c1-15-6-3-7-16(10-13(15)11-17)9-12-4-2-5-14-8-12/h2,4-5,8,13,17H,3,6-7,9-11H2,1H3. The zero-order valence-corrected chi connectivity index (χ0v) is 10.4. The van der Waals surface area contributed by atoms with Gasteiger partial charge in [-0.25, -0.2) is 0 Å². The van der Waals surface area contributed by atoms with Gasteiger partial charge in [0.1, 0.15) is 0 Å². The Balaban J connectivity index is 1.96. The Bertz CT molecular complexity index is 331. The first-order valence-electron chi connectivity index (χ1n) is 6.22. The summed E-state index contributed by atoms with van der Waals surface area (Å²) in [6.45, 7) is 4.25. The molecule has 1 atom stereocenters. The molecule has 2 rings (SSSR count). The molecule has 1 aromatic rings. The van der Waals surface area contributed by atoms with Gasteiger partial charge >= 0.3 is 0 Å². The first kappa shape index (κ1) is 12.5. The van der Waals surface area contributed by atoms with Crippen molar-refractivity contribution in [3.05, 3.63) is 30.1 Å². The molecule has 0 aromatic carbocycles. The highest BCUT2D eigenvalue weighted by Gasteiger charge is 2.21. The molecule has 1 aliphatic rings. The maximum Gasteiger partial charge on any atom is 0.0599 e. The average Bonchev–Trinajstić information content (AvgIpc) is 2.52. The normalized spacial score (nSPS) is 23.5. The van der Waals surface area contributed by atoms with E-state index in [1.165, 1.54) is 5.56 Å². The number of aliphatic hydroxyl groups is 1. The summed E-state index contributed by atoms with van der Waals surface area (Å²) in [5, 5.41) is 9.39. The van der Waals surface area contributed by atoms with Gasteiger partial charge in [0.15, 0.2) is 0 Å². The minimum Gasteiger partial charge on any atom is -0.395 e. The van der Waals surface area contributed by atoms with E-state index in [1.807, 2.05) is 12.3 Å². The fourth-order valence-electron chi connectivity index (χ4n) is 2.35. The fourth-order valence-corrected chi connectivity index (χ4v) is 2.35. The molecule has 2 heterocycles. The van der Waals surface area contributed by atoms with E-state index in [4.69, 9.17) is 0 Å². The van der Waals surface area contributed by atoms with Gasteiger partial charge in [0, 0.05) is 31.5 Å². The van der Waals surface area contributed by atoms with Crippen LogP contribution in [0.2, 0.25) is 0 Å². The van der Waals surface area contributed by atoms with E-state index in [0.29, 0.717) is 0 Å². The van der Waals surface area contributed by atoms with Crippen LogP contribution in [0.15, 0.2) is 24.5 Å². The molecule has 1 N–H and O–H groups in total. The summed E-state index contributed by atoms with van der Waals surface area (Å²) in [5.41, 5.74) is 1.24. The van der Waals surface area contributed by atoms with Crippen molar-refractivity contribution in [1.29, 1.82) is 0 Å². The summed E-state index contributed by atoms with van der Waals surface area (Å²) in [4.78, 5) is 8.80. The summed E-state index contributed by atoms with van der Waals surface area (Å²) in [5.74, 6) is 0. The van der Waals surface area contributed by atoms with E-state index in [-0.39, 0.29) is 12.6 Å². The molecule has 1 unspecified atom stereocenters. The Morgan fingerprint density at radius 2 is 2.35 bits per heavy atom. The van der Waals surface area contributed by atoms with Gasteiger partial charge in [-0.15, -0.1) is 0 Å². The highest BCUT2D eigenvalue weighted by molar-refractivity contribution is 5.08. The van der Waals surface area contributed by atoms with Crippen LogP contribution in [0.25, 0.3) is 0 Å². The van der Waals surface area contributed by atoms with Gasteiger partial charge < -0.3 is 5.11 Å². The summed E-state index contributed by atoms with van der Waals surface area (Å²) >= 11 is 0. The van der Waals surface area contributed by atoms with E-state index in [0.717, 1.165) is 32.6 Å². The summed E-state index contributed by atoms with van der Waals surface area (Å²) in [6.07, 6.45) is 4.88. The number of likely N-dealkylation sites (N-methyl/N-ethyl adjacent to an activating group) is 1. The van der Waals surface area contributed by atoms with Gasteiger partial charge in [0.05, 0.1) is 6.61 Å². The largest absolute Gasteiger partial charge is 0.395 e. The highest BCUT2D eigenvalue weighted by Crippen LogP contribution is 2.11. The SMILES string of the molecule is CN1CCCN(Cc2cccnc2)CC1CO. The molecular formula is C13H21N3O. The second-order valence-corrected chi connectivity index (χ2v) is 4.77. The van der Waals surface area contributed by atoms with Crippen LogP contribution in [0.3, 0.4) is 0 Å². The van der Waals surface area contributed by atoms with Crippen molar-refractivity contribution in [2.24, 2.45) is 0 Å². The fraction of sp³-hybridized carbons (Fsp3) is 0.615. The number of hydrogen-bond acceptors (Lipinski definition) is 4. The molecule has 1 saturated heterocycles. The maximum atomic E-state index is 9.39. The first-order chi connectivity index (χ1) is 8.29. The molecule has 0 spiro atoms. The minimum absolute atomic E-state index is 0.236. The Morgan fingerprint density at radius 3 is 3.06 bits per heavy atom. The minimum atomic E-state index is 0.236. The number of pyridine rings is 1. The molecule has 17 heavy (non-hydrogen) atoms. The van der Waals surface area contributed by atoms with Crippen LogP contribution in [0, 0.1) is 0 Å². The maximum absolute atomic E-state index is 9.39.